The minimum absolute atomic E-state index is 0.00697. The van der Waals surface area contributed by atoms with Gasteiger partial charge >= 0.3 is 5.97 Å². The Hall–Kier alpha value is -4.33. The summed E-state index contributed by atoms with van der Waals surface area (Å²) in [5, 5.41) is 0. The van der Waals surface area contributed by atoms with Crippen molar-refractivity contribution in [1.82, 2.24) is 0 Å². The van der Waals surface area contributed by atoms with Crippen molar-refractivity contribution in [2.75, 3.05) is 13.2 Å². The Morgan fingerprint density at radius 2 is 1.10 bits per heavy atom. The molecule has 0 bridgehead atoms. The molecule has 0 aliphatic carbocycles. The van der Waals surface area contributed by atoms with Gasteiger partial charge in [-0.2, -0.15) is 4.39 Å². The maximum absolute atomic E-state index is 14.9. The lowest BCUT2D eigenvalue weighted by Crippen LogP contribution is -2.12. The molecular formula is C33H30F4O4. The third kappa shape index (κ3) is 7.06. The average Bonchev–Trinajstić information content (AvgIpc) is 2.98. The van der Waals surface area contributed by atoms with Gasteiger partial charge in [-0.1, -0.05) is 57.0 Å². The van der Waals surface area contributed by atoms with Crippen molar-refractivity contribution in [2.24, 2.45) is 0 Å². The lowest BCUT2D eigenvalue weighted by molar-refractivity contribution is 0.0728. The van der Waals surface area contributed by atoms with Gasteiger partial charge in [0.15, 0.2) is 23.2 Å². The predicted molar refractivity (Wildman–Crippen MR) is 149 cm³/mol. The monoisotopic (exact) mass is 566 g/mol. The lowest BCUT2D eigenvalue weighted by atomic mass is 10.0. The number of hydrogen-bond acceptors (Lipinski definition) is 4. The number of hydrogen-bond donors (Lipinski definition) is 0. The van der Waals surface area contributed by atoms with Crippen LogP contribution >= 0.6 is 0 Å². The highest BCUT2D eigenvalue weighted by Crippen LogP contribution is 2.32. The fourth-order valence-electron chi connectivity index (χ4n) is 4.05. The Morgan fingerprint density at radius 3 is 1.68 bits per heavy atom. The molecule has 0 fully saturated rings. The maximum atomic E-state index is 14.9. The van der Waals surface area contributed by atoms with Crippen molar-refractivity contribution in [3.8, 4) is 39.5 Å². The summed E-state index contributed by atoms with van der Waals surface area (Å²) in [7, 11) is 0. The van der Waals surface area contributed by atoms with Gasteiger partial charge in [0.05, 0.1) is 18.8 Å². The molecule has 0 aliphatic rings. The van der Waals surface area contributed by atoms with Gasteiger partial charge in [-0.25, -0.2) is 18.0 Å². The van der Waals surface area contributed by atoms with Crippen LogP contribution in [0.3, 0.4) is 0 Å². The largest absolute Gasteiger partial charge is 0.494 e. The van der Waals surface area contributed by atoms with E-state index in [1.807, 2.05) is 6.92 Å². The molecule has 0 saturated carbocycles. The SMILES string of the molecule is CCCCOc1ccc(-c2ccc(C(=O)Oc3ccc(-c4ccc(OCCCC)c(F)c4F)cc3)c(F)c2F)cc1. The predicted octanol–water partition coefficient (Wildman–Crippen LogP) is 9.15. The zero-order chi connectivity index (χ0) is 29.4. The summed E-state index contributed by atoms with van der Waals surface area (Å²) >= 11 is 0. The number of rotatable bonds is 12. The van der Waals surface area contributed by atoms with Gasteiger partial charge in [0.1, 0.15) is 11.5 Å². The molecule has 41 heavy (non-hydrogen) atoms. The van der Waals surface area contributed by atoms with E-state index in [-0.39, 0.29) is 29.2 Å². The van der Waals surface area contributed by atoms with Gasteiger partial charge in [0, 0.05) is 11.1 Å². The Labute approximate surface area is 236 Å². The summed E-state index contributed by atoms with van der Waals surface area (Å²) in [5.74, 6) is -5.32. The summed E-state index contributed by atoms with van der Waals surface area (Å²) in [6, 6.07) is 17.3. The Kier molecular flexibility index (Phi) is 10.0. The molecule has 4 aromatic rings. The number of benzene rings is 4. The van der Waals surface area contributed by atoms with Crippen molar-refractivity contribution in [3.63, 3.8) is 0 Å². The van der Waals surface area contributed by atoms with Crippen LogP contribution in [0.5, 0.6) is 17.2 Å². The summed E-state index contributed by atoms with van der Waals surface area (Å²) < 4.78 is 75.1. The van der Waals surface area contributed by atoms with Crippen LogP contribution in [0.25, 0.3) is 22.3 Å². The normalized spacial score (nSPS) is 10.9. The fraction of sp³-hybridized carbons (Fsp3) is 0.242. The third-order valence-corrected chi connectivity index (χ3v) is 6.41. The molecule has 214 valence electrons. The second kappa shape index (κ2) is 13.8. The van der Waals surface area contributed by atoms with Crippen LogP contribution in [0, 0.1) is 23.3 Å². The summed E-state index contributed by atoms with van der Waals surface area (Å²) in [6.07, 6.45) is 3.47. The molecule has 8 heteroatoms. The highest BCUT2D eigenvalue weighted by molar-refractivity contribution is 5.92. The van der Waals surface area contributed by atoms with E-state index in [1.54, 1.807) is 24.3 Å². The zero-order valence-electron chi connectivity index (χ0n) is 22.8. The minimum atomic E-state index is -1.34. The van der Waals surface area contributed by atoms with Gasteiger partial charge in [-0.15, -0.1) is 0 Å². The Balaban J connectivity index is 1.45. The van der Waals surface area contributed by atoms with Gasteiger partial charge in [0.25, 0.3) is 0 Å². The third-order valence-electron chi connectivity index (χ3n) is 6.41. The molecule has 0 heterocycles. The number of unbranched alkanes of at least 4 members (excludes halogenated alkanes) is 2. The van der Waals surface area contributed by atoms with E-state index in [0.29, 0.717) is 29.9 Å². The van der Waals surface area contributed by atoms with Crippen molar-refractivity contribution < 1.29 is 36.6 Å². The van der Waals surface area contributed by atoms with E-state index < -0.39 is 34.8 Å². The van der Waals surface area contributed by atoms with E-state index in [1.165, 1.54) is 42.5 Å². The summed E-state index contributed by atoms with van der Waals surface area (Å²) in [5.41, 5.74) is 0.141. The first-order valence-electron chi connectivity index (χ1n) is 13.5. The molecule has 4 rings (SSSR count). The van der Waals surface area contributed by atoms with Gasteiger partial charge < -0.3 is 14.2 Å². The minimum Gasteiger partial charge on any atom is -0.494 e. The molecule has 0 atom stereocenters. The van der Waals surface area contributed by atoms with Gasteiger partial charge in [0.2, 0.25) is 5.82 Å². The first-order valence-corrected chi connectivity index (χ1v) is 13.5. The average molecular weight is 567 g/mol. The van der Waals surface area contributed by atoms with Crippen molar-refractivity contribution in [1.29, 1.82) is 0 Å². The van der Waals surface area contributed by atoms with Gasteiger partial charge in [-0.3, -0.25) is 0 Å². The Morgan fingerprint density at radius 1 is 0.585 bits per heavy atom. The molecule has 0 aliphatic heterocycles. The van der Waals surface area contributed by atoms with Crippen LogP contribution in [0.2, 0.25) is 0 Å². The zero-order valence-corrected chi connectivity index (χ0v) is 22.8. The second-order valence-corrected chi connectivity index (χ2v) is 9.37. The number of carbonyl (C=O) groups excluding carboxylic acids is 1. The molecule has 0 amide bonds. The van der Waals surface area contributed by atoms with E-state index in [9.17, 15) is 22.4 Å². The van der Waals surface area contributed by atoms with Crippen LogP contribution in [-0.4, -0.2) is 19.2 Å². The van der Waals surface area contributed by atoms with Gasteiger partial charge in [-0.05, 0) is 66.4 Å². The lowest BCUT2D eigenvalue weighted by Gasteiger charge is -2.11. The maximum Gasteiger partial charge on any atom is 0.346 e. The second-order valence-electron chi connectivity index (χ2n) is 9.37. The highest BCUT2D eigenvalue weighted by atomic mass is 19.2. The van der Waals surface area contributed by atoms with E-state index in [0.717, 1.165) is 25.3 Å². The quantitative estimate of drug-likeness (QED) is 0.0742. The molecular weight excluding hydrogens is 536 g/mol. The number of halogens is 4. The topological polar surface area (TPSA) is 44.8 Å². The highest BCUT2D eigenvalue weighted by Gasteiger charge is 2.22. The van der Waals surface area contributed by atoms with Crippen molar-refractivity contribution in [2.45, 2.75) is 39.5 Å². The number of ether oxygens (including phenoxy) is 3. The molecule has 4 aromatic carbocycles. The molecule has 0 N–H and O–H groups in total. The molecule has 0 spiro atoms. The Bertz CT molecular complexity index is 1490. The smallest absolute Gasteiger partial charge is 0.346 e. The van der Waals surface area contributed by atoms with Crippen molar-refractivity contribution in [3.05, 3.63) is 102 Å². The number of carbonyl (C=O) groups is 1. The molecule has 4 nitrogen and oxygen atoms in total. The molecule has 0 unspecified atom stereocenters. The van der Waals surface area contributed by atoms with Crippen LogP contribution in [-0.2, 0) is 0 Å². The van der Waals surface area contributed by atoms with E-state index >= 15 is 0 Å². The summed E-state index contributed by atoms with van der Waals surface area (Å²) in [4.78, 5) is 12.6. The number of esters is 1. The van der Waals surface area contributed by atoms with Crippen LogP contribution in [0.15, 0.2) is 72.8 Å². The molecule has 0 radical (unpaired) electrons. The van der Waals surface area contributed by atoms with E-state index in [4.69, 9.17) is 14.2 Å². The fourth-order valence-corrected chi connectivity index (χ4v) is 4.05. The first-order chi connectivity index (χ1) is 19.8. The van der Waals surface area contributed by atoms with Crippen LogP contribution < -0.4 is 14.2 Å². The van der Waals surface area contributed by atoms with Crippen molar-refractivity contribution >= 4 is 5.97 Å². The molecule has 0 saturated heterocycles. The first kappa shape index (κ1) is 29.6. The summed E-state index contributed by atoms with van der Waals surface area (Å²) in [6.45, 7) is 4.86. The van der Waals surface area contributed by atoms with Crippen LogP contribution in [0.1, 0.15) is 49.9 Å². The molecule has 0 aromatic heterocycles. The van der Waals surface area contributed by atoms with E-state index in [2.05, 4.69) is 6.92 Å². The van der Waals surface area contributed by atoms with Crippen LogP contribution in [0.4, 0.5) is 17.6 Å². The standard InChI is InChI=1S/C33H30F4O4/c1-3-5-19-39-23-11-7-21(8-12-23)25-15-16-27(31(36)29(25)34)33(38)41-24-13-9-22(10-14-24)26-17-18-28(32(37)30(26)35)40-20-6-4-2/h7-18H,3-6,19-20H2,1-2H3.